The van der Waals surface area contributed by atoms with Crippen LogP contribution in [0.3, 0.4) is 0 Å². The monoisotopic (exact) mass is 271 g/mol. The van der Waals surface area contributed by atoms with Crippen LogP contribution in [0.2, 0.25) is 0 Å². The fourth-order valence-corrected chi connectivity index (χ4v) is 2.06. The summed E-state index contributed by atoms with van der Waals surface area (Å²) >= 11 is 0. The molecule has 0 aliphatic rings. The van der Waals surface area contributed by atoms with E-state index in [1.807, 2.05) is 18.2 Å². The molecule has 1 heterocycles. The third-order valence-corrected chi connectivity index (χ3v) is 3.16. The molecule has 1 aromatic heterocycles. The van der Waals surface area contributed by atoms with Crippen LogP contribution in [0.25, 0.3) is 11.0 Å². The average Bonchev–Trinajstić information content (AvgIpc) is 2.89. The van der Waals surface area contributed by atoms with Gasteiger partial charge in [-0.25, -0.2) is 4.39 Å². The van der Waals surface area contributed by atoms with E-state index < -0.39 is 0 Å². The Balaban J connectivity index is 1.81. The Bertz CT molecular complexity index is 719. The summed E-state index contributed by atoms with van der Waals surface area (Å²) in [5.74, 6) is 0.342. The molecule has 0 aliphatic carbocycles. The highest BCUT2D eigenvalue weighted by molar-refractivity contribution is 5.81. The van der Waals surface area contributed by atoms with Gasteiger partial charge in [0.05, 0.1) is 6.26 Å². The number of hydrogen-bond acceptors (Lipinski definition) is 3. The van der Waals surface area contributed by atoms with Gasteiger partial charge in [-0.1, -0.05) is 6.07 Å². The van der Waals surface area contributed by atoms with Gasteiger partial charge in [0, 0.05) is 17.5 Å². The van der Waals surface area contributed by atoms with E-state index in [-0.39, 0.29) is 5.82 Å². The lowest BCUT2D eigenvalue weighted by atomic mass is 10.1. The standard InChI is InChI=1S/C16H14FNO2/c17-13-2-4-14(5-3-13)19-9-12-10-20-16-6-1-11(8-18)7-15(12)16/h1-7,10H,8-9,18H2. The maximum absolute atomic E-state index is 12.8. The zero-order valence-corrected chi connectivity index (χ0v) is 10.8. The highest BCUT2D eigenvalue weighted by Crippen LogP contribution is 2.24. The van der Waals surface area contributed by atoms with E-state index in [0.29, 0.717) is 18.9 Å². The zero-order valence-electron chi connectivity index (χ0n) is 10.8. The molecule has 3 nitrogen and oxygen atoms in total. The molecule has 102 valence electrons. The molecule has 3 rings (SSSR count). The maximum atomic E-state index is 12.8. The van der Waals surface area contributed by atoms with Crippen LogP contribution in [0.1, 0.15) is 11.1 Å². The summed E-state index contributed by atoms with van der Waals surface area (Å²) in [7, 11) is 0. The predicted molar refractivity (Wildman–Crippen MR) is 74.8 cm³/mol. The minimum Gasteiger partial charge on any atom is -0.489 e. The summed E-state index contributed by atoms with van der Waals surface area (Å²) in [6, 6.07) is 11.8. The number of halogens is 1. The van der Waals surface area contributed by atoms with Gasteiger partial charge in [0.1, 0.15) is 23.8 Å². The first-order valence-corrected chi connectivity index (χ1v) is 6.34. The minimum absolute atomic E-state index is 0.279. The van der Waals surface area contributed by atoms with Gasteiger partial charge in [0.2, 0.25) is 0 Å². The summed E-state index contributed by atoms with van der Waals surface area (Å²) in [6.07, 6.45) is 1.68. The van der Waals surface area contributed by atoms with Crippen molar-refractivity contribution in [1.29, 1.82) is 0 Å². The second kappa shape index (κ2) is 5.35. The highest BCUT2D eigenvalue weighted by Gasteiger charge is 2.07. The van der Waals surface area contributed by atoms with Crippen molar-refractivity contribution in [2.75, 3.05) is 0 Å². The first-order valence-electron chi connectivity index (χ1n) is 6.34. The van der Waals surface area contributed by atoms with E-state index in [2.05, 4.69) is 0 Å². The molecule has 0 bridgehead atoms. The smallest absolute Gasteiger partial charge is 0.134 e. The van der Waals surface area contributed by atoms with Crippen molar-refractivity contribution in [3.63, 3.8) is 0 Å². The van der Waals surface area contributed by atoms with Crippen molar-refractivity contribution >= 4 is 11.0 Å². The third-order valence-electron chi connectivity index (χ3n) is 3.16. The van der Waals surface area contributed by atoms with E-state index in [9.17, 15) is 4.39 Å². The van der Waals surface area contributed by atoms with E-state index in [1.165, 1.54) is 12.1 Å². The maximum Gasteiger partial charge on any atom is 0.134 e. The predicted octanol–water partition coefficient (Wildman–Crippen LogP) is 3.61. The molecule has 0 unspecified atom stereocenters. The Hall–Kier alpha value is -2.33. The molecule has 20 heavy (non-hydrogen) atoms. The summed E-state index contributed by atoms with van der Waals surface area (Å²) in [4.78, 5) is 0. The second-order valence-corrected chi connectivity index (χ2v) is 4.54. The molecule has 0 amide bonds. The van der Waals surface area contributed by atoms with Crippen molar-refractivity contribution in [3.8, 4) is 5.75 Å². The summed E-state index contributed by atoms with van der Waals surface area (Å²) < 4.78 is 23.9. The topological polar surface area (TPSA) is 48.4 Å². The number of nitrogens with two attached hydrogens (primary N) is 1. The first-order chi connectivity index (χ1) is 9.76. The molecular formula is C16H14FNO2. The Morgan fingerprint density at radius 3 is 2.65 bits per heavy atom. The van der Waals surface area contributed by atoms with Gasteiger partial charge < -0.3 is 14.9 Å². The summed E-state index contributed by atoms with van der Waals surface area (Å²) in [6.45, 7) is 0.853. The Labute approximate surface area is 115 Å². The van der Waals surface area contributed by atoms with E-state index in [0.717, 1.165) is 22.1 Å². The molecule has 0 atom stereocenters. The molecule has 4 heteroatoms. The van der Waals surface area contributed by atoms with Gasteiger partial charge in [0.15, 0.2) is 0 Å². The number of ether oxygens (including phenoxy) is 1. The number of hydrogen-bond donors (Lipinski definition) is 1. The number of benzene rings is 2. The van der Waals surface area contributed by atoms with E-state index in [4.69, 9.17) is 14.9 Å². The lowest BCUT2D eigenvalue weighted by Crippen LogP contribution is -1.97. The molecule has 0 saturated carbocycles. The fraction of sp³-hybridized carbons (Fsp3) is 0.125. The van der Waals surface area contributed by atoms with Gasteiger partial charge in [-0.15, -0.1) is 0 Å². The van der Waals surface area contributed by atoms with Gasteiger partial charge in [-0.2, -0.15) is 0 Å². The molecule has 0 saturated heterocycles. The van der Waals surface area contributed by atoms with Crippen LogP contribution in [-0.2, 0) is 13.2 Å². The largest absolute Gasteiger partial charge is 0.489 e. The molecule has 2 N–H and O–H groups in total. The van der Waals surface area contributed by atoms with Crippen LogP contribution in [0.15, 0.2) is 53.1 Å². The molecular weight excluding hydrogens is 257 g/mol. The first kappa shape index (κ1) is 12.7. The molecule has 0 aliphatic heterocycles. The number of fused-ring (bicyclic) bond motifs is 1. The zero-order chi connectivity index (χ0) is 13.9. The third kappa shape index (κ3) is 2.51. The quantitative estimate of drug-likeness (QED) is 0.788. The van der Waals surface area contributed by atoms with Crippen LogP contribution in [0.5, 0.6) is 5.75 Å². The van der Waals surface area contributed by atoms with Crippen molar-refractivity contribution in [2.45, 2.75) is 13.2 Å². The number of rotatable bonds is 4. The Kier molecular flexibility index (Phi) is 3.39. The summed E-state index contributed by atoms with van der Waals surface area (Å²) in [5.41, 5.74) is 8.43. The lowest BCUT2D eigenvalue weighted by molar-refractivity contribution is 0.305. The normalized spacial score (nSPS) is 10.9. The molecule has 0 fully saturated rings. The number of furan rings is 1. The van der Waals surface area contributed by atoms with Crippen LogP contribution >= 0.6 is 0 Å². The van der Waals surface area contributed by atoms with Crippen LogP contribution in [0.4, 0.5) is 4.39 Å². The molecule has 3 aromatic rings. The second-order valence-electron chi connectivity index (χ2n) is 4.54. The van der Waals surface area contributed by atoms with Crippen molar-refractivity contribution in [1.82, 2.24) is 0 Å². The minimum atomic E-state index is -0.279. The van der Waals surface area contributed by atoms with Gasteiger partial charge in [0.25, 0.3) is 0 Å². The van der Waals surface area contributed by atoms with Crippen LogP contribution in [0, 0.1) is 5.82 Å². The lowest BCUT2D eigenvalue weighted by Gasteiger charge is -2.05. The van der Waals surface area contributed by atoms with Gasteiger partial charge in [-0.3, -0.25) is 0 Å². The Morgan fingerprint density at radius 2 is 1.90 bits per heavy atom. The van der Waals surface area contributed by atoms with Gasteiger partial charge in [-0.05, 0) is 42.0 Å². The van der Waals surface area contributed by atoms with Crippen molar-refractivity contribution in [2.24, 2.45) is 5.73 Å². The molecule has 0 spiro atoms. The Morgan fingerprint density at radius 1 is 1.10 bits per heavy atom. The highest BCUT2D eigenvalue weighted by atomic mass is 19.1. The SMILES string of the molecule is NCc1ccc2occ(COc3ccc(F)cc3)c2c1. The fourth-order valence-electron chi connectivity index (χ4n) is 2.06. The average molecular weight is 271 g/mol. The molecule has 2 aromatic carbocycles. The van der Waals surface area contributed by atoms with E-state index >= 15 is 0 Å². The van der Waals surface area contributed by atoms with Crippen molar-refractivity contribution < 1.29 is 13.5 Å². The van der Waals surface area contributed by atoms with Crippen LogP contribution < -0.4 is 10.5 Å². The van der Waals surface area contributed by atoms with E-state index in [1.54, 1.807) is 18.4 Å². The van der Waals surface area contributed by atoms with Crippen LogP contribution in [-0.4, -0.2) is 0 Å². The van der Waals surface area contributed by atoms with Crippen molar-refractivity contribution in [3.05, 3.63) is 65.7 Å². The van der Waals surface area contributed by atoms with Gasteiger partial charge >= 0.3 is 0 Å². The summed E-state index contributed by atoms with van der Waals surface area (Å²) in [5, 5.41) is 0.995. The molecule has 0 radical (unpaired) electrons.